The third kappa shape index (κ3) is 4.27. The molecule has 0 aliphatic heterocycles. The van der Waals surface area contributed by atoms with Crippen LogP contribution in [0.2, 0.25) is 0 Å². The average Bonchev–Trinajstić information content (AvgIpc) is 2.61. The minimum atomic E-state index is -0.202. The molecular weight excluding hydrogens is 374 g/mol. The summed E-state index contributed by atoms with van der Waals surface area (Å²) in [5, 5.41) is 2.92. The van der Waals surface area contributed by atoms with Gasteiger partial charge in [0.2, 0.25) is 0 Å². The third-order valence-corrected chi connectivity index (χ3v) is 4.35. The van der Waals surface area contributed by atoms with Crippen LogP contribution in [0, 0.1) is 0 Å². The molecule has 0 aliphatic rings. The molecule has 0 bridgehead atoms. The molecule has 1 N–H and O–H groups in total. The highest BCUT2D eigenvalue weighted by Crippen LogP contribution is 2.35. The van der Waals surface area contributed by atoms with Crippen LogP contribution in [0.4, 0.5) is 0 Å². The van der Waals surface area contributed by atoms with Gasteiger partial charge in [-0.2, -0.15) is 0 Å². The highest BCUT2D eigenvalue weighted by Gasteiger charge is 2.15. The zero-order valence-electron chi connectivity index (χ0n) is 13.9. The Hall–Kier alpha value is -2.05. The number of ether oxygens (including phenoxy) is 3. The molecule has 24 heavy (non-hydrogen) atoms. The first kappa shape index (κ1) is 18.3. The number of methoxy groups -OCH3 is 3. The molecule has 1 amide bonds. The normalized spacial score (nSPS) is 10.3. The lowest BCUT2D eigenvalue weighted by Gasteiger charge is -2.13. The Kier molecular flexibility index (Phi) is 6.63. The molecule has 0 unspecified atom stereocenters. The molecule has 0 spiro atoms. The lowest BCUT2D eigenvalue weighted by molar-refractivity contribution is 0.0949. The number of carbonyl (C=O) groups is 1. The van der Waals surface area contributed by atoms with Gasteiger partial charge in [-0.3, -0.25) is 4.79 Å². The van der Waals surface area contributed by atoms with Gasteiger partial charge in [0.1, 0.15) is 16.0 Å². The van der Waals surface area contributed by atoms with E-state index in [4.69, 9.17) is 14.2 Å². The number of halogens is 1. The second kappa shape index (κ2) is 8.70. The molecule has 0 aromatic heterocycles. The van der Waals surface area contributed by atoms with Crippen molar-refractivity contribution in [3.05, 3.63) is 57.6 Å². The molecule has 2 aromatic carbocycles. The summed E-state index contributed by atoms with van der Waals surface area (Å²) in [6.45, 7) is 0.922. The van der Waals surface area contributed by atoms with Crippen molar-refractivity contribution in [1.82, 2.24) is 5.32 Å². The van der Waals surface area contributed by atoms with Crippen molar-refractivity contribution in [1.29, 1.82) is 0 Å². The molecule has 2 aromatic rings. The van der Waals surface area contributed by atoms with Gasteiger partial charge in [0.25, 0.3) is 5.91 Å². The van der Waals surface area contributed by atoms with Gasteiger partial charge < -0.3 is 19.5 Å². The summed E-state index contributed by atoms with van der Waals surface area (Å²) in [5.74, 6) is 0.880. The zero-order valence-corrected chi connectivity index (χ0v) is 15.5. The van der Waals surface area contributed by atoms with E-state index in [2.05, 4.69) is 21.2 Å². The van der Waals surface area contributed by atoms with Gasteiger partial charge in [0.15, 0.2) is 0 Å². The van der Waals surface area contributed by atoms with Crippen LogP contribution < -0.4 is 14.8 Å². The molecule has 0 fully saturated rings. The van der Waals surface area contributed by atoms with Gasteiger partial charge >= 0.3 is 0 Å². The molecule has 5 nitrogen and oxygen atoms in total. The summed E-state index contributed by atoms with van der Waals surface area (Å²) in [5.41, 5.74) is 2.53. The molecule has 128 valence electrons. The summed E-state index contributed by atoms with van der Waals surface area (Å²) < 4.78 is 16.4. The average molecular weight is 394 g/mol. The number of amides is 1. The van der Waals surface area contributed by atoms with Crippen LogP contribution in [-0.4, -0.2) is 27.2 Å². The predicted molar refractivity (Wildman–Crippen MR) is 95.6 cm³/mol. The lowest BCUT2D eigenvalue weighted by atomic mass is 10.1. The van der Waals surface area contributed by atoms with Crippen LogP contribution in [0.1, 0.15) is 21.5 Å². The van der Waals surface area contributed by atoms with Gasteiger partial charge in [0, 0.05) is 19.2 Å². The Labute approximate surface area is 150 Å². The summed E-state index contributed by atoms with van der Waals surface area (Å²) in [6, 6.07) is 11.2. The number of hydrogen-bond acceptors (Lipinski definition) is 4. The van der Waals surface area contributed by atoms with Crippen molar-refractivity contribution in [3.63, 3.8) is 0 Å². The molecule has 0 radical (unpaired) electrons. The fourth-order valence-corrected chi connectivity index (χ4v) is 2.86. The van der Waals surface area contributed by atoms with Crippen molar-refractivity contribution in [3.8, 4) is 11.5 Å². The SMILES string of the molecule is COCc1ccccc1CNC(=O)c1cc(OC)c(Br)c(OC)c1. The van der Waals surface area contributed by atoms with Crippen molar-refractivity contribution in [2.24, 2.45) is 0 Å². The smallest absolute Gasteiger partial charge is 0.251 e. The van der Waals surface area contributed by atoms with Crippen LogP contribution in [0.3, 0.4) is 0 Å². The van der Waals surface area contributed by atoms with Crippen LogP contribution >= 0.6 is 15.9 Å². The van der Waals surface area contributed by atoms with E-state index in [0.717, 1.165) is 11.1 Å². The number of hydrogen-bond donors (Lipinski definition) is 1. The number of benzene rings is 2. The first-order valence-corrected chi connectivity index (χ1v) is 8.15. The second-order valence-corrected chi connectivity index (χ2v) is 5.87. The van der Waals surface area contributed by atoms with Crippen molar-refractivity contribution in [2.45, 2.75) is 13.2 Å². The molecule has 0 aliphatic carbocycles. The summed E-state index contributed by atoms with van der Waals surface area (Å²) in [6.07, 6.45) is 0. The minimum absolute atomic E-state index is 0.202. The maximum atomic E-state index is 12.5. The van der Waals surface area contributed by atoms with Crippen molar-refractivity contribution < 1.29 is 19.0 Å². The Morgan fingerprint density at radius 3 is 2.17 bits per heavy atom. The van der Waals surface area contributed by atoms with E-state index < -0.39 is 0 Å². The topological polar surface area (TPSA) is 56.8 Å². The van der Waals surface area contributed by atoms with Gasteiger partial charge in [0.05, 0.1) is 20.8 Å². The predicted octanol–water partition coefficient (Wildman–Crippen LogP) is 3.54. The van der Waals surface area contributed by atoms with Gasteiger partial charge in [-0.05, 0) is 39.2 Å². The highest BCUT2D eigenvalue weighted by atomic mass is 79.9. The summed E-state index contributed by atoms with van der Waals surface area (Å²) in [4.78, 5) is 12.5. The molecule has 6 heteroatoms. The Bertz CT molecular complexity index is 693. The lowest BCUT2D eigenvalue weighted by Crippen LogP contribution is -2.23. The molecular formula is C18H20BrNO4. The Morgan fingerprint density at radius 2 is 1.62 bits per heavy atom. The van der Waals surface area contributed by atoms with Gasteiger partial charge in [-0.1, -0.05) is 24.3 Å². The maximum absolute atomic E-state index is 12.5. The van der Waals surface area contributed by atoms with Crippen LogP contribution in [-0.2, 0) is 17.9 Å². The number of rotatable bonds is 7. The van der Waals surface area contributed by atoms with E-state index in [1.54, 1.807) is 33.5 Å². The van der Waals surface area contributed by atoms with E-state index in [1.165, 1.54) is 0 Å². The van der Waals surface area contributed by atoms with Crippen molar-refractivity contribution >= 4 is 21.8 Å². The van der Waals surface area contributed by atoms with Gasteiger partial charge in [-0.15, -0.1) is 0 Å². The zero-order chi connectivity index (χ0) is 17.5. The quantitative estimate of drug-likeness (QED) is 0.781. The highest BCUT2D eigenvalue weighted by molar-refractivity contribution is 9.10. The number of carbonyl (C=O) groups excluding carboxylic acids is 1. The largest absolute Gasteiger partial charge is 0.495 e. The molecule has 0 saturated heterocycles. The van der Waals surface area contributed by atoms with Crippen LogP contribution in [0.25, 0.3) is 0 Å². The second-order valence-electron chi connectivity index (χ2n) is 5.08. The third-order valence-electron chi connectivity index (χ3n) is 3.57. The molecule has 0 heterocycles. The molecule has 0 saturated carbocycles. The van der Waals surface area contributed by atoms with Crippen LogP contribution in [0.15, 0.2) is 40.9 Å². The fraction of sp³-hybridized carbons (Fsp3) is 0.278. The summed E-state index contributed by atoms with van der Waals surface area (Å²) in [7, 11) is 4.74. The van der Waals surface area contributed by atoms with E-state index in [-0.39, 0.29) is 5.91 Å². The van der Waals surface area contributed by atoms with Crippen molar-refractivity contribution in [2.75, 3.05) is 21.3 Å². The Morgan fingerprint density at radius 1 is 1.04 bits per heavy atom. The van der Waals surface area contributed by atoms with Gasteiger partial charge in [-0.25, -0.2) is 0 Å². The first-order valence-electron chi connectivity index (χ1n) is 7.36. The van der Waals surface area contributed by atoms with E-state index in [9.17, 15) is 4.79 Å². The van der Waals surface area contributed by atoms with E-state index in [1.807, 2.05) is 24.3 Å². The monoisotopic (exact) mass is 393 g/mol. The molecule has 0 atom stereocenters. The number of nitrogens with one attached hydrogen (secondary N) is 1. The standard InChI is InChI=1S/C18H20BrNO4/c1-22-11-13-7-5-4-6-12(13)10-20-18(21)14-8-15(23-2)17(19)16(9-14)24-3/h4-9H,10-11H2,1-3H3,(H,20,21). The Balaban J connectivity index is 2.16. The maximum Gasteiger partial charge on any atom is 0.251 e. The molecule has 2 rings (SSSR count). The fourth-order valence-electron chi connectivity index (χ4n) is 2.30. The summed E-state index contributed by atoms with van der Waals surface area (Å²) >= 11 is 3.39. The first-order chi connectivity index (χ1) is 11.6. The van der Waals surface area contributed by atoms with E-state index in [0.29, 0.717) is 34.7 Å². The van der Waals surface area contributed by atoms with E-state index >= 15 is 0 Å². The van der Waals surface area contributed by atoms with Crippen LogP contribution in [0.5, 0.6) is 11.5 Å². The minimum Gasteiger partial charge on any atom is -0.495 e.